The first-order valence-electron chi connectivity index (χ1n) is 7.21. The molecule has 0 aliphatic heterocycles. The molecule has 0 rings (SSSR count). The molecule has 0 aromatic rings. The number of hydrogen-bond donors (Lipinski definition) is 1. The van der Waals surface area contributed by atoms with Crippen LogP contribution in [0.5, 0.6) is 0 Å². The zero-order chi connectivity index (χ0) is 15.1. The highest BCUT2D eigenvalue weighted by atomic mass is 32.2. The van der Waals surface area contributed by atoms with Gasteiger partial charge in [-0.15, -0.1) is 0 Å². The van der Waals surface area contributed by atoms with E-state index in [1.165, 1.54) is 0 Å². The van der Waals surface area contributed by atoms with E-state index in [0.29, 0.717) is 12.8 Å². The molecule has 0 saturated heterocycles. The summed E-state index contributed by atoms with van der Waals surface area (Å²) < 4.78 is 24.5. The molecule has 0 atom stereocenters. The Morgan fingerprint density at radius 1 is 1.11 bits per heavy atom. The summed E-state index contributed by atoms with van der Waals surface area (Å²) in [4.78, 5) is 11.9. The maximum absolute atomic E-state index is 12.2. The molecule has 5 heteroatoms. The summed E-state index contributed by atoms with van der Waals surface area (Å²) in [6, 6.07) is 0. The van der Waals surface area contributed by atoms with Gasteiger partial charge in [-0.1, -0.05) is 33.6 Å². The van der Waals surface area contributed by atoms with Gasteiger partial charge in [0, 0.05) is 5.54 Å². The number of rotatable bonds is 9. The van der Waals surface area contributed by atoms with Crippen LogP contribution in [0.15, 0.2) is 0 Å². The molecule has 4 nitrogen and oxygen atoms in total. The van der Waals surface area contributed by atoms with Gasteiger partial charge in [0.05, 0.1) is 5.25 Å². The molecule has 0 aromatic carbocycles. The quantitative estimate of drug-likeness (QED) is 0.710. The SMILES string of the molecule is CCCC(CCC)S(=O)(=O)CC(=O)NC(C)(C)CC. The standard InChI is InChI=1S/C14H29NO3S/c1-6-9-12(10-7-2)19(17,18)11-13(16)15-14(4,5)8-3/h12H,6-11H2,1-5H3,(H,15,16). The summed E-state index contributed by atoms with van der Waals surface area (Å²) in [5.41, 5.74) is -0.350. The van der Waals surface area contributed by atoms with Gasteiger partial charge in [0.25, 0.3) is 0 Å². The van der Waals surface area contributed by atoms with Crippen LogP contribution in [0.4, 0.5) is 0 Å². The van der Waals surface area contributed by atoms with E-state index in [2.05, 4.69) is 5.32 Å². The highest BCUT2D eigenvalue weighted by Crippen LogP contribution is 2.16. The second kappa shape index (κ2) is 7.88. The predicted molar refractivity (Wildman–Crippen MR) is 79.9 cm³/mol. The molecule has 0 aromatic heterocycles. The summed E-state index contributed by atoms with van der Waals surface area (Å²) in [7, 11) is -3.34. The molecule has 0 spiro atoms. The molecule has 0 heterocycles. The lowest BCUT2D eigenvalue weighted by Crippen LogP contribution is -2.46. The summed E-state index contributed by atoms with van der Waals surface area (Å²) >= 11 is 0. The van der Waals surface area contributed by atoms with E-state index in [9.17, 15) is 13.2 Å². The smallest absolute Gasteiger partial charge is 0.235 e. The van der Waals surface area contributed by atoms with Gasteiger partial charge in [0.15, 0.2) is 9.84 Å². The maximum Gasteiger partial charge on any atom is 0.235 e. The third-order valence-corrected chi connectivity index (χ3v) is 5.57. The van der Waals surface area contributed by atoms with Crippen molar-refractivity contribution in [2.75, 3.05) is 5.75 Å². The minimum Gasteiger partial charge on any atom is -0.350 e. The van der Waals surface area contributed by atoms with Gasteiger partial charge in [-0.3, -0.25) is 4.79 Å². The first kappa shape index (κ1) is 18.4. The van der Waals surface area contributed by atoms with Crippen LogP contribution in [0.1, 0.15) is 66.7 Å². The summed E-state index contributed by atoms with van der Waals surface area (Å²) in [6.45, 7) is 9.70. The molecular weight excluding hydrogens is 262 g/mol. The molecule has 0 aliphatic rings. The fourth-order valence-corrected chi connectivity index (χ4v) is 3.81. The van der Waals surface area contributed by atoms with Crippen LogP contribution in [0.2, 0.25) is 0 Å². The Hall–Kier alpha value is -0.580. The molecule has 0 fully saturated rings. The van der Waals surface area contributed by atoms with Crippen LogP contribution in [0.25, 0.3) is 0 Å². The lowest BCUT2D eigenvalue weighted by atomic mass is 10.0. The maximum atomic E-state index is 12.2. The van der Waals surface area contributed by atoms with Crippen LogP contribution >= 0.6 is 0 Å². The van der Waals surface area contributed by atoms with Gasteiger partial charge in [-0.05, 0) is 33.1 Å². The highest BCUT2D eigenvalue weighted by molar-refractivity contribution is 7.92. The van der Waals surface area contributed by atoms with Crippen molar-refractivity contribution in [1.82, 2.24) is 5.32 Å². The van der Waals surface area contributed by atoms with Crippen molar-refractivity contribution in [2.45, 2.75) is 77.5 Å². The monoisotopic (exact) mass is 291 g/mol. The second-order valence-corrected chi connectivity index (χ2v) is 8.07. The molecule has 0 unspecified atom stereocenters. The molecule has 0 aliphatic carbocycles. The Bertz CT molecular complexity index is 368. The minimum absolute atomic E-state index is 0.350. The van der Waals surface area contributed by atoms with Gasteiger partial charge >= 0.3 is 0 Å². The van der Waals surface area contributed by atoms with E-state index in [4.69, 9.17) is 0 Å². The Labute approximate surface area is 118 Å². The molecule has 1 amide bonds. The molecular formula is C14H29NO3S. The van der Waals surface area contributed by atoms with Crippen molar-refractivity contribution in [3.05, 3.63) is 0 Å². The Balaban J connectivity index is 4.70. The third kappa shape index (κ3) is 6.95. The van der Waals surface area contributed by atoms with Crippen LogP contribution in [-0.4, -0.2) is 30.9 Å². The summed E-state index contributed by atoms with van der Waals surface area (Å²) in [6.07, 6.45) is 3.70. The van der Waals surface area contributed by atoms with Gasteiger partial charge in [-0.2, -0.15) is 0 Å². The van der Waals surface area contributed by atoms with E-state index < -0.39 is 9.84 Å². The van der Waals surface area contributed by atoms with Crippen LogP contribution < -0.4 is 5.32 Å². The number of sulfone groups is 1. The second-order valence-electron chi connectivity index (χ2n) is 5.79. The fourth-order valence-electron chi connectivity index (χ4n) is 1.95. The molecule has 0 bridgehead atoms. The van der Waals surface area contributed by atoms with Crippen molar-refractivity contribution < 1.29 is 13.2 Å². The van der Waals surface area contributed by atoms with Crippen molar-refractivity contribution in [2.24, 2.45) is 0 Å². The van der Waals surface area contributed by atoms with Crippen LogP contribution in [-0.2, 0) is 14.6 Å². The van der Waals surface area contributed by atoms with Crippen LogP contribution in [0, 0.1) is 0 Å². The first-order chi connectivity index (χ1) is 8.68. The number of nitrogens with one attached hydrogen (secondary N) is 1. The number of amides is 1. The average molecular weight is 291 g/mol. The minimum atomic E-state index is -3.34. The zero-order valence-corrected chi connectivity index (χ0v) is 13.8. The van der Waals surface area contributed by atoms with E-state index in [1.54, 1.807) is 0 Å². The third-order valence-electron chi connectivity index (χ3n) is 3.42. The van der Waals surface area contributed by atoms with E-state index in [0.717, 1.165) is 19.3 Å². The first-order valence-corrected chi connectivity index (χ1v) is 8.92. The highest BCUT2D eigenvalue weighted by Gasteiger charge is 2.28. The zero-order valence-electron chi connectivity index (χ0n) is 13.0. The predicted octanol–water partition coefficient (Wildman–Crippen LogP) is 2.67. The molecule has 19 heavy (non-hydrogen) atoms. The summed E-state index contributed by atoms with van der Waals surface area (Å²) in [5, 5.41) is 2.41. The van der Waals surface area contributed by atoms with Crippen molar-refractivity contribution in [3.63, 3.8) is 0 Å². The number of hydrogen-bond acceptors (Lipinski definition) is 3. The largest absolute Gasteiger partial charge is 0.350 e. The van der Waals surface area contributed by atoms with Gasteiger partial charge in [0.1, 0.15) is 5.75 Å². The van der Waals surface area contributed by atoms with Crippen molar-refractivity contribution in [1.29, 1.82) is 0 Å². The van der Waals surface area contributed by atoms with Gasteiger partial charge in [-0.25, -0.2) is 8.42 Å². The van der Waals surface area contributed by atoms with Crippen LogP contribution in [0.3, 0.4) is 0 Å². The lowest BCUT2D eigenvalue weighted by molar-refractivity contribution is -0.120. The topological polar surface area (TPSA) is 63.2 Å². The number of carbonyl (C=O) groups excluding carboxylic acids is 1. The normalized spacial score (nSPS) is 12.7. The Morgan fingerprint density at radius 3 is 1.95 bits per heavy atom. The molecule has 0 radical (unpaired) electrons. The van der Waals surface area contributed by atoms with E-state index in [-0.39, 0.29) is 22.4 Å². The van der Waals surface area contributed by atoms with Gasteiger partial charge in [0.2, 0.25) is 5.91 Å². The average Bonchev–Trinajstić information content (AvgIpc) is 2.27. The molecule has 114 valence electrons. The molecule has 1 N–H and O–H groups in total. The van der Waals surface area contributed by atoms with Crippen molar-refractivity contribution >= 4 is 15.7 Å². The molecule has 0 saturated carbocycles. The van der Waals surface area contributed by atoms with E-state index in [1.807, 2.05) is 34.6 Å². The number of carbonyl (C=O) groups is 1. The Kier molecular flexibility index (Phi) is 7.64. The fraction of sp³-hybridized carbons (Fsp3) is 0.929. The van der Waals surface area contributed by atoms with E-state index >= 15 is 0 Å². The van der Waals surface area contributed by atoms with Gasteiger partial charge < -0.3 is 5.32 Å². The lowest BCUT2D eigenvalue weighted by Gasteiger charge is -2.25. The van der Waals surface area contributed by atoms with Crippen molar-refractivity contribution in [3.8, 4) is 0 Å². The Morgan fingerprint density at radius 2 is 1.58 bits per heavy atom. The summed E-state index contributed by atoms with van der Waals surface area (Å²) in [5.74, 6) is -0.773.